The number of fused-ring (bicyclic) bond motifs is 1. The smallest absolute Gasteiger partial charge is 0.110 e. The molecule has 1 aliphatic rings. The zero-order valence-electron chi connectivity index (χ0n) is 12.2. The van der Waals surface area contributed by atoms with Crippen LogP contribution in [-0.2, 0) is 26.1 Å². The van der Waals surface area contributed by atoms with Crippen LogP contribution in [0.4, 0.5) is 0 Å². The largest absolute Gasteiger partial charge is 0.329 e. The van der Waals surface area contributed by atoms with Gasteiger partial charge in [-0.15, -0.1) is 11.3 Å². The molecule has 0 amide bonds. The van der Waals surface area contributed by atoms with E-state index < -0.39 is 0 Å². The van der Waals surface area contributed by atoms with E-state index in [0.717, 1.165) is 39.1 Å². The van der Waals surface area contributed by atoms with E-state index in [2.05, 4.69) is 51.0 Å². The highest BCUT2D eigenvalue weighted by atomic mass is 32.1. The van der Waals surface area contributed by atoms with E-state index in [1.807, 2.05) is 17.5 Å². The molecule has 0 unspecified atom stereocenters. The Balaban J connectivity index is 1.67. The Morgan fingerprint density at radius 3 is 2.95 bits per heavy atom. The zero-order valence-corrected chi connectivity index (χ0v) is 13.1. The van der Waals surface area contributed by atoms with Crippen molar-refractivity contribution in [2.24, 2.45) is 0 Å². The van der Waals surface area contributed by atoms with Gasteiger partial charge in [-0.2, -0.15) is 0 Å². The maximum absolute atomic E-state index is 4.61. The van der Waals surface area contributed by atoms with Crippen LogP contribution in [0.1, 0.15) is 16.4 Å². The second-order valence-corrected chi connectivity index (χ2v) is 6.69. The van der Waals surface area contributed by atoms with Crippen LogP contribution in [0.2, 0.25) is 0 Å². The molecule has 4 nitrogen and oxygen atoms in total. The molecule has 5 heteroatoms. The van der Waals surface area contributed by atoms with E-state index in [9.17, 15) is 0 Å². The van der Waals surface area contributed by atoms with Gasteiger partial charge in [0.05, 0.1) is 5.69 Å². The Kier molecular flexibility index (Phi) is 4.19. The molecular weight excluding hydrogens is 268 g/mol. The molecule has 3 heterocycles. The predicted octanol–water partition coefficient (Wildman–Crippen LogP) is 2.06. The quantitative estimate of drug-likeness (QED) is 0.861. The second kappa shape index (κ2) is 6.08. The van der Waals surface area contributed by atoms with Gasteiger partial charge in [0, 0.05) is 50.2 Å². The van der Waals surface area contributed by atoms with Gasteiger partial charge in [0.15, 0.2) is 0 Å². The molecule has 0 radical (unpaired) electrons. The summed E-state index contributed by atoms with van der Waals surface area (Å²) in [5.74, 6) is 1.25. The maximum Gasteiger partial charge on any atom is 0.110 e. The third-order valence-electron chi connectivity index (χ3n) is 3.75. The SMILES string of the molecule is CN(C)Cc1cnc2n1CCN(Cc1cccs1)CC2. The van der Waals surface area contributed by atoms with Gasteiger partial charge in [0.1, 0.15) is 5.82 Å². The van der Waals surface area contributed by atoms with Crippen LogP contribution in [0.25, 0.3) is 0 Å². The van der Waals surface area contributed by atoms with Gasteiger partial charge in [-0.25, -0.2) is 4.98 Å². The van der Waals surface area contributed by atoms with Crippen molar-refractivity contribution in [2.75, 3.05) is 27.2 Å². The van der Waals surface area contributed by atoms with Gasteiger partial charge in [0.25, 0.3) is 0 Å². The number of nitrogens with zero attached hydrogens (tertiary/aromatic N) is 4. The van der Waals surface area contributed by atoms with Crippen LogP contribution in [0.15, 0.2) is 23.7 Å². The van der Waals surface area contributed by atoms with E-state index in [1.54, 1.807) is 0 Å². The van der Waals surface area contributed by atoms with Crippen molar-refractivity contribution in [3.05, 3.63) is 40.1 Å². The van der Waals surface area contributed by atoms with Gasteiger partial charge < -0.3 is 9.47 Å². The fraction of sp³-hybridized carbons (Fsp3) is 0.533. The van der Waals surface area contributed by atoms with Gasteiger partial charge in [-0.3, -0.25) is 4.90 Å². The highest BCUT2D eigenvalue weighted by molar-refractivity contribution is 7.09. The first-order valence-corrected chi connectivity index (χ1v) is 8.03. The monoisotopic (exact) mass is 290 g/mol. The van der Waals surface area contributed by atoms with Crippen molar-refractivity contribution >= 4 is 11.3 Å². The first kappa shape index (κ1) is 13.8. The summed E-state index contributed by atoms with van der Waals surface area (Å²) in [6, 6.07) is 4.36. The first-order valence-electron chi connectivity index (χ1n) is 7.15. The van der Waals surface area contributed by atoms with E-state index in [4.69, 9.17) is 0 Å². The summed E-state index contributed by atoms with van der Waals surface area (Å²) in [5, 5.41) is 2.16. The summed E-state index contributed by atoms with van der Waals surface area (Å²) in [7, 11) is 4.22. The van der Waals surface area contributed by atoms with Gasteiger partial charge in [-0.05, 0) is 25.5 Å². The Morgan fingerprint density at radius 2 is 2.20 bits per heavy atom. The second-order valence-electron chi connectivity index (χ2n) is 5.66. The number of aromatic nitrogens is 2. The fourth-order valence-corrected chi connectivity index (χ4v) is 3.52. The minimum Gasteiger partial charge on any atom is -0.329 e. The van der Waals surface area contributed by atoms with Crippen LogP contribution >= 0.6 is 11.3 Å². The number of hydrogen-bond donors (Lipinski definition) is 0. The molecule has 2 aromatic heterocycles. The van der Waals surface area contributed by atoms with E-state index >= 15 is 0 Å². The van der Waals surface area contributed by atoms with Crippen LogP contribution in [0.3, 0.4) is 0 Å². The summed E-state index contributed by atoms with van der Waals surface area (Å²) in [6.45, 7) is 5.32. The van der Waals surface area contributed by atoms with Crippen LogP contribution in [-0.4, -0.2) is 46.5 Å². The van der Waals surface area contributed by atoms with Crippen molar-refractivity contribution in [3.63, 3.8) is 0 Å². The highest BCUT2D eigenvalue weighted by Crippen LogP contribution is 2.16. The van der Waals surface area contributed by atoms with Crippen molar-refractivity contribution in [1.29, 1.82) is 0 Å². The zero-order chi connectivity index (χ0) is 13.9. The summed E-state index contributed by atoms with van der Waals surface area (Å²) in [6.07, 6.45) is 3.10. The maximum atomic E-state index is 4.61. The molecule has 0 fully saturated rings. The predicted molar refractivity (Wildman–Crippen MR) is 82.9 cm³/mol. The summed E-state index contributed by atoms with van der Waals surface area (Å²) in [5.41, 5.74) is 1.34. The Morgan fingerprint density at radius 1 is 1.30 bits per heavy atom. The Hall–Kier alpha value is -1.17. The molecule has 0 saturated carbocycles. The lowest BCUT2D eigenvalue weighted by Gasteiger charge is -2.19. The van der Waals surface area contributed by atoms with Crippen molar-refractivity contribution in [3.8, 4) is 0 Å². The molecular formula is C15H22N4S. The van der Waals surface area contributed by atoms with Crippen molar-refractivity contribution in [2.45, 2.75) is 26.1 Å². The number of thiophene rings is 1. The van der Waals surface area contributed by atoms with Crippen LogP contribution < -0.4 is 0 Å². The Bertz CT molecular complexity index is 544. The standard InChI is InChI=1S/C15H22N4S/c1-17(2)11-13-10-16-15-5-6-18(7-8-19(13)15)12-14-4-3-9-20-14/h3-4,9-10H,5-8,11-12H2,1-2H3. The van der Waals surface area contributed by atoms with E-state index in [0.29, 0.717) is 0 Å². The van der Waals surface area contributed by atoms with E-state index in [-0.39, 0.29) is 0 Å². The molecule has 0 spiro atoms. The van der Waals surface area contributed by atoms with Crippen LogP contribution in [0.5, 0.6) is 0 Å². The molecule has 3 rings (SSSR count). The van der Waals surface area contributed by atoms with Gasteiger partial charge in [0.2, 0.25) is 0 Å². The van der Waals surface area contributed by atoms with Crippen molar-refractivity contribution in [1.82, 2.24) is 19.4 Å². The fourth-order valence-electron chi connectivity index (χ4n) is 2.77. The minimum atomic E-state index is 0.970. The van der Waals surface area contributed by atoms with Gasteiger partial charge in [-0.1, -0.05) is 6.07 Å². The Labute approximate surface area is 124 Å². The van der Waals surface area contributed by atoms with Gasteiger partial charge >= 0.3 is 0 Å². The van der Waals surface area contributed by atoms with E-state index in [1.165, 1.54) is 16.4 Å². The molecule has 0 aliphatic carbocycles. The molecule has 0 N–H and O–H groups in total. The molecule has 20 heavy (non-hydrogen) atoms. The average molecular weight is 290 g/mol. The lowest BCUT2D eigenvalue weighted by Crippen LogP contribution is -2.26. The first-order chi connectivity index (χ1) is 9.72. The molecule has 2 aromatic rings. The molecule has 0 atom stereocenters. The normalized spacial score (nSPS) is 16.4. The summed E-state index contributed by atoms with van der Waals surface area (Å²) >= 11 is 1.85. The van der Waals surface area contributed by atoms with Crippen LogP contribution in [0, 0.1) is 0 Å². The lowest BCUT2D eigenvalue weighted by atomic mass is 10.3. The molecule has 0 bridgehead atoms. The number of rotatable bonds is 4. The highest BCUT2D eigenvalue weighted by Gasteiger charge is 2.17. The lowest BCUT2D eigenvalue weighted by molar-refractivity contribution is 0.272. The van der Waals surface area contributed by atoms with Crippen molar-refractivity contribution < 1.29 is 0 Å². The average Bonchev–Trinajstić information content (AvgIpc) is 2.98. The summed E-state index contributed by atoms with van der Waals surface area (Å²) < 4.78 is 2.41. The third-order valence-corrected chi connectivity index (χ3v) is 4.61. The number of imidazole rings is 1. The topological polar surface area (TPSA) is 24.3 Å². The molecule has 0 saturated heterocycles. The molecule has 1 aliphatic heterocycles. The summed E-state index contributed by atoms with van der Waals surface area (Å²) in [4.78, 5) is 10.8. The molecule has 0 aromatic carbocycles. The number of hydrogen-bond acceptors (Lipinski definition) is 4. The minimum absolute atomic E-state index is 0.970. The third kappa shape index (κ3) is 3.11. The molecule has 108 valence electrons.